The first-order valence-electron chi connectivity index (χ1n) is 14.8. The summed E-state index contributed by atoms with van der Waals surface area (Å²) in [5.74, 6) is 0.380. The molecule has 0 aliphatic carbocycles. The third-order valence-electron chi connectivity index (χ3n) is 7.93. The molecule has 6 rings (SSSR count). The number of nitrogens with one attached hydrogen (secondary N) is 1. The van der Waals surface area contributed by atoms with Gasteiger partial charge in [0, 0.05) is 48.6 Å². The second kappa shape index (κ2) is 12.6. The van der Waals surface area contributed by atoms with Crippen molar-refractivity contribution in [3.63, 3.8) is 0 Å². The summed E-state index contributed by atoms with van der Waals surface area (Å²) in [4.78, 5) is 21.0. The van der Waals surface area contributed by atoms with E-state index in [4.69, 9.17) is 9.72 Å². The zero-order valence-corrected chi connectivity index (χ0v) is 26.8. The number of sulfonamides is 1. The molecule has 10 heteroatoms. The Morgan fingerprint density at radius 2 is 1.70 bits per heavy atom. The lowest BCUT2D eigenvalue weighted by Gasteiger charge is -2.25. The van der Waals surface area contributed by atoms with E-state index in [1.54, 1.807) is 30.3 Å². The van der Waals surface area contributed by atoms with Crippen molar-refractivity contribution in [2.45, 2.75) is 44.5 Å². The molecule has 3 heterocycles. The topological polar surface area (TPSA) is 93.5 Å². The van der Waals surface area contributed by atoms with Crippen molar-refractivity contribution in [1.29, 1.82) is 0 Å². The molecule has 0 atom stereocenters. The quantitative estimate of drug-likeness (QED) is 0.217. The van der Waals surface area contributed by atoms with E-state index in [9.17, 15) is 13.2 Å². The van der Waals surface area contributed by atoms with Gasteiger partial charge in [0.05, 0.1) is 24.2 Å². The van der Waals surface area contributed by atoms with Gasteiger partial charge in [-0.15, -0.1) is 11.3 Å². The number of amides is 1. The van der Waals surface area contributed by atoms with Gasteiger partial charge in [-0.25, -0.2) is 18.1 Å². The standard InChI is InChI=1S/C34H36N4O4S2/c1-4-31-35-32-24(3)18-23(2)19-30(32)38(31)21-25-10-12-26(13-11-25)29-20-28(22-37-14-16-42-17-15-37)43-34(29)44(40,41)36-33(39)27-8-6-5-7-9-27/h5-13,18-20H,4,14-17,21-22H2,1-3H3,(H,36,39). The lowest BCUT2D eigenvalue weighted by atomic mass is 10.1. The van der Waals surface area contributed by atoms with Crippen LogP contribution >= 0.6 is 11.3 Å². The normalized spacial score (nSPS) is 14.2. The van der Waals surface area contributed by atoms with Crippen LogP contribution in [0.15, 0.2) is 77.0 Å². The van der Waals surface area contributed by atoms with Gasteiger partial charge >= 0.3 is 0 Å². The number of morpholine rings is 1. The summed E-state index contributed by atoms with van der Waals surface area (Å²) in [5.41, 5.74) is 7.27. The molecule has 5 aromatic rings. The lowest BCUT2D eigenvalue weighted by molar-refractivity contribution is 0.0346. The first kappa shape index (κ1) is 30.2. The molecule has 1 saturated heterocycles. The summed E-state index contributed by atoms with van der Waals surface area (Å²) in [6.45, 7) is 10.5. The van der Waals surface area contributed by atoms with E-state index in [-0.39, 0.29) is 9.77 Å². The molecule has 1 fully saturated rings. The molecule has 0 saturated carbocycles. The van der Waals surface area contributed by atoms with Gasteiger partial charge in [0.15, 0.2) is 0 Å². The summed E-state index contributed by atoms with van der Waals surface area (Å²) < 4.78 is 37.5. The third-order valence-corrected chi connectivity index (χ3v) is 10.9. The summed E-state index contributed by atoms with van der Waals surface area (Å²) in [5, 5.41) is 0. The van der Waals surface area contributed by atoms with Crippen molar-refractivity contribution in [3.05, 3.63) is 106 Å². The molecule has 1 aliphatic rings. The Hall–Kier alpha value is -3.83. The zero-order valence-electron chi connectivity index (χ0n) is 25.2. The number of carbonyl (C=O) groups excluding carboxylic acids is 1. The molecule has 1 amide bonds. The monoisotopic (exact) mass is 628 g/mol. The van der Waals surface area contributed by atoms with Gasteiger partial charge < -0.3 is 9.30 Å². The summed E-state index contributed by atoms with van der Waals surface area (Å²) >= 11 is 1.21. The number of carbonyl (C=O) groups is 1. The molecule has 1 aliphatic heterocycles. The smallest absolute Gasteiger partial charge is 0.274 e. The maximum absolute atomic E-state index is 13.7. The third kappa shape index (κ3) is 6.34. The number of imidazole rings is 1. The van der Waals surface area contributed by atoms with E-state index in [2.05, 4.69) is 47.1 Å². The Bertz CT molecular complexity index is 1910. The molecule has 0 spiro atoms. The molecular weight excluding hydrogens is 593 g/mol. The van der Waals surface area contributed by atoms with Crippen molar-refractivity contribution in [2.75, 3.05) is 26.3 Å². The Kier molecular flexibility index (Phi) is 8.68. The second-order valence-electron chi connectivity index (χ2n) is 11.2. The number of aryl methyl sites for hydroxylation is 3. The van der Waals surface area contributed by atoms with Gasteiger partial charge in [0.2, 0.25) is 0 Å². The van der Waals surface area contributed by atoms with Crippen LogP contribution in [0.2, 0.25) is 0 Å². The number of aromatic nitrogens is 2. The van der Waals surface area contributed by atoms with E-state index in [0.29, 0.717) is 31.9 Å². The highest BCUT2D eigenvalue weighted by molar-refractivity contribution is 7.92. The van der Waals surface area contributed by atoms with Crippen molar-refractivity contribution >= 4 is 38.3 Å². The average molecular weight is 629 g/mol. The van der Waals surface area contributed by atoms with Crippen molar-refractivity contribution in [3.8, 4) is 11.1 Å². The number of rotatable bonds is 9. The predicted octanol–water partition coefficient (Wildman–Crippen LogP) is 5.94. The molecule has 0 unspecified atom stereocenters. The van der Waals surface area contributed by atoms with Crippen molar-refractivity contribution in [2.24, 2.45) is 0 Å². The van der Waals surface area contributed by atoms with E-state index in [1.165, 1.54) is 22.5 Å². The van der Waals surface area contributed by atoms with Crippen LogP contribution in [0.25, 0.3) is 22.2 Å². The zero-order chi connectivity index (χ0) is 30.8. The largest absolute Gasteiger partial charge is 0.379 e. The summed E-state index contributed by atoms with van der Waals surface area (Å²) in [6, 6.07) is 22.7. The van der Waals surface area contributed by atoms with Crippen LogP contribution in [0.3, 0.4) is 0 Å². The second-order valence-corrected chi connectivity index (χ2v) is 14.2. The van der Waals surface area contributed by atoms with Gasteiger partial charge in [-0.3, -0.25) is 9.69 Å². The molecule has 0 radical (unpaired) electrons. The Morgan fingerprint density at radius 1 is 0.977 bits per heavy atom. The number of hydrogen-bond acceptors (Lipinski definition) is 7. The highest BCUT2D eigenvalue weighted by Gasteiger charge is 2.27. The van der Waals surface area contributed by atoms with Crippen LogP contribution in [-0.2, 0) is 34.3 Å². The number of fused-ring (bicyclic) bond motifs is 1. The van der Waals surface area contributed by atoms with Crippen LogP contribution in [0.1, 0.15) is 44.7 Å². The van der Waals surface area contributed by atoms with Gasteiger partial charge in [0.25, 0.3) is 15.9 Å². The minimum absolute atomic E-state index is 0.137. The highest BCUT2D eigenvalue weighted by Crippen LogP contribution is 2.36. The average Bonchev–Trinajstić information content (AvgIpc) is 3.60. The highest BCUT2D eigenvalue weighted by atomic mass is 32.2. The van der Waals surface area contributed by atoms with Gasteiger partial charge in [-0.05, 0) is 60.4 Å². The van der Waals surface area contributed by atoms with E-state index >= 15 is 0 Å². The predicted molar refractivity (Wildman–Crippen MR) is 175 cm³/mol. The SMILES string of the molecule is CCc1nc2c(C)cc(C)cc2n1Cc1ccc(-c2cc(CN3CCOCC3)sc2S(=O)(=O)NC(=O)c2ccccc2)cc1. The first-order chi connectivity index (χ1) is 21.2. The van der Waals surface area contributed by atoms with Crippen LogP contribution in [0.5, 0.6) is 0 Å². The molecule has 0 bridgehead atoms. The molecule has 44 heavy (non-hydrogen) atoms. The van der Waals surface area contributed by atoms with Crippen LogP contribution < -0.4 is 4.72 Å². The lowest BCUT2D eigenvalue weighted by Crippen LogP contribution is -2.35. The maximum Gasteiger partial charge on any atom is 0.274 e. The minimum Gasteiger partial charge on any atom is -0.379 e. The van der Waals surface area contributed by atoms with Gasteiger partial charge in [-0.1, -0.05) is 55.5 Å². The van der Waals surface area contributed by atoms with Crippen molar-refractivity contribution in [1.82, 2.24) is 19.2 Å². The van der Waals surface area contributed by atoms with Crippen LogP contribution in [0, 0.1) is 13.8 Å². The Labute approximate surface area is 262 Å². The molecular formula is C34H36N4O4S2. The maximum atomic E-state index is 13.7. The fraction of sp³-hybridized carbons (Fsp3) is 0.294. The Morgan fingerprint density at radius 3 is 2.41 bits per heavy atom. The number of thiophene rings is 1. The first-order valence-corrected chi connectivity index (χ1v) is 17.1. The molecule has 228 valence electrons. The fourth-order valence-corrected chi connectivity index (χ4v) is 8.49. The fourth-order valence-electron chi connectivity index (χ4n) is 5.73. The summed E-state index contributed by atoms with van der Waals surface area (Å²) in [6.07, 6.45) is 0.821. The number of benzene rings is 3. The number of nitrogens with zero attached hydrogens (tertiary/aromatic N) is 3. The minimum atomic E-state index is -4.14. The number of hydrogen-bond donors (Lipinski definition) is 1. The molecule has 3 aromatic carbocycles. The molecule has 8 nitrogen and oxygen atoms in total. The van der Waals surface area contributed by atoms with Gasteiger partial charge in [-0.2, -0.15) is 0 Å². The van der Waals surface area contributed by atoms with Crippen LogP contribution in [0.4, 0.5) is 0 Å². The molecule has 2 aromatic heterocycles. The van der Waals surface area contributed by atoms with Crippen LogP contribution in [-0.4, -0.2) is 55.1 Å². The van der Waals surface area contributed by atoms with E-state index < -0.39 is 15.9 Å². The molecule has 1 N–H and O–H groups in total. The van der Waals surface area contributed by atoms with E-state index in [0.717, 1.165) is 52.4 Å². The van der Waals surface area contributed by atoms with Gasteiger partial charge in [0.1, 0.15) is 10.0 Å². The Balaban J connectivity index is 1.32. The number of ether oxygens (including phenoxy) is 1. The summed E-state index contributed by atoms with van der Waals surface area (Å²) in [7, 11) is -4.14. The van der Waals surface area contributed by atoms with E-state index in [1.807, 2.05) is 30.3 Å². The van der Waals surface area contributed by atoms with Crippen molar-refractivity contribution < 1.29 is 17.9 Å².